The minimum Gasteiger partial charge on any atom is -0.494 e. The summed E-state index contributed by atoms with van der Waals surface area (Å²) in [6, 6.07) is 15.8. The summed E-state index contributed by atoms with van der Waals surface area (Å²) in [5, 5.41) is 0.768. The second-order valence-corrected chi connectivity index (χ2v) is 9.37. The van der Waals surface area contributed by atoms with E-state index in [1.54, 1.807) is 24.3 Å². The molecular formula is C27H19FN2O4S. The molecule has 35 heavy (non-hydrogen) atoms. The number of halogens is 1. The number of carbonyl (C=O) groups excluding carboxylic acids is 1. The summed E-state index contributed by atoms with van der Waals surface area (Å²) in [5.74, 6) is -0.297. The Morgan fingerprint density at radius 3 is 2.77 bits per heavy atom. The highest BCUT2D eigenvalue weighted by atomic mass is 32.1. The van der Waals surface area contributed by atoms with Crippen molar-refractivity contribution in [3.63, 3.8) is 0 Å². The van der Waals surface area contributed by atoms with Crippen LogP contribution >= 0.6 is 11.3 Å². The van der Waals surface area contributed by atoms with Gasteiger partial charge in [-0.05, 0) is 61.9 Å². The number of nitrogens with zero attached hydrogens (tertiary/aromatic N) is 2. The molecule has 174 valence electrons. The standard InChI is InChI=1S/C27H19FN2O4S/c1-3-33-17-8-9-19-21(13-17)35-27(29-19)30-23(15-5-4-6-16(28)12-15)22-24(31)18-11-14(2)7-10-20(18)34-25(22)26(30)32/h4-13,23H,3H2,1-2H3/t23-/m0/s1. The van der Waals surface area contributed by atoms with Crippen LogP contribution in [0.15, 0.2) is 69.9 Å². The summed E-state index contributed by atoms with van der Waals surface area (Å²) in [6.45, 7) is 4.31. The summed E-state index contributed by atoms with van der Waals surface area (Å²) in [6.07, 6.45) is 0. The lowest BCUT2D eigenvalue weighted by atomic mass is 9.98. The first-order valence-corrected chi connectivity index (χ1v) is 12.0. The lowest BCUT2D eigenvalue weighted by Gasteiger charge is -2.22. The van der Waals surface area contributed by atoms with Gasteiger partial charge in [0.1, 0.15) is 17.1 Å². The number of ether oxygens (including phenoxy) is 1. The van der Waals surface area contributed by atoms with Crippen LogP contribution in [-0.4, -0.2) is 17.5 Å². The Bertz CT molecular complexity index is 1710. The maximum Gasteiger partial charge on any atom is 0.297 e. The van der Waals surface area contributed by atoms with Crippen LogP contribution in [0.1, 0.15) is 40.2 Å². The Morgan fingerprint density at radius 2 is 1.97 bits per heavy atom. The first-order valence-electron chi connectivity index (χ1n) is 11.1. The van der Waals surface area contributed by atoms with E-state index in [9.17, 15) is 14.0 Å². The highest BCUT2D eigenvalue weighted by Gasteiger charge is 2.45. The van der Waals surface area contributed by atoms with Gasteiger partial charge in [-0.25, -0.2) is 9.37 Å². The smallest absolute Gasteiger partial charge is 0.297 e. The zero-order chi connectivity index (χ0) is 24.3. The molecule has 0 saturated heterocycles. The van der Waals surface area contributed by atoms with E-state index in [4.69, 9.17) is 9.15 Å². The van der Waals surface area contributed by atoms with Crippen LogP contribution in [0, 0.1) is 12.7 Å². The number of aromatic nitrogens is 1. The van der Waals surface area contributed by atoms with Crippen LogP contribution in [0.5, 0.6) is 5.75 Å². The van der Waals surface area contributed by atoms with Crippen molar-refractivity contribution in [1.82, 2.24) is 4.98 Å². The van der Waals surface area contributed by atoms with Crippen LogP contribution in [0.3, 0.4) is 0 Å². The van der Waals surface area contributed by atoms with Gasteiger partial charge in [0.05, 0.1) is 33.8 Å². The number of hydrogen-bond acceptors (Lipinski definition) is 6. The maximum atomic E-state index is 14.3. The lowest BCUT2D eigenvalue weighted by molar-refractivity contribution is 0.0971. The quantitative estimate of drug-likeness (QED) is 0.312. The van der Waals surface area contributed by atoms with Crippen molar-refractivity contribution in [3.8, 4) is 5.75 Å². The number of carbonyl (C=O) groups is 1. The van der Waals surface area contributed by atoms with Crippen LogP contribution in [0.25, 0.3) is 21.2 Å². The van der Waals surface area contributed by atoms with E-state index in [1.165, 1.54) is 28.4 Å². The van der Waals surface area contributed by atoms with E-state index in [-0.39, 0.29) is 16.8 Å². The molecule has 0 saturated carbocycles. The topological polar surface area (TPSA) is 72.6 Å². The number of thiazole rings is 1. The zero-order valence-corrected chi connectivity index (χ0v) is 19.7. The molecule has 8 heteroatoms. The fourth-order valence-electron chi connectivity index (χ4n) is 4.53. The minimum atomic E-state index is -0.874. The van der Waals surface area contributed by atoms with Crippen LogP contribution < -0.4 is 15.1 Å². The monoisotopic (exact) mass is 486 g/mol. The van der Waals surface area contributed by atoms with Crippen LogP contribution in [0.4, 0.5) is 9.52 Å². The molecule has 5 aromatic rings. The van der Waals surface area contributed by atoms with Gasteiger partial charge in [0, 0.05) is 0 Å². The van der Waals surface area contributed by atoms with Crippen LogP contribution in [-0.2, 0) is 0 Å². The molecular weight excluding hydrogens is 467 g/mol. The van der Waals surface area contributed by atoms with Crippen molar-refractivity contribution >= 4 is 43.6 Å². The third-order valence-electron chi connectivity index (χ3n) is 6.06. The molecule has 6 rings (SSSR count). The molecule has 0 spiro atoms. The van der Waals surface area contributed by atoms with Crippen molar-refractivity contribution in [3.05, 3.63) is 99.2 Å². The Hall–Kier alpha value is -4.04. The molecule has 1 aliphatic rings. The number of aryl methyl sites for hydroxylation is 1. The number of hydrogen-bond donors (Lipinski definition) is 0. The third-order valence-corrected chi connectivity index (χ3v) is 7.07. The van der Waals surface area contributed by atoms with Crippen molar-refractivity contribution in [2.45, 2.75) is 19.9 Å². The number of anilines is 1. The van der Waals surface area contributed by atoms with Gasteiger partial charge < -0.3 is 9.15 Å². The number of benzene rings is 3. The van der Waals surface area contributed by atoms with Crippen molar-refractivity contribution in [2.24, 2.45) is 0 Å². The first-order chi connectivity index (χ1) is 16.9. The molecule has 0 fully saturated rings. The molecule has 3 heterocycles. The molecule has 2 aromatic heterocycles. The molecule has 0 unspecified atom stereocenters. The normalized spacial score (nSPS) is 15.2. The van der Waals surface area contributed by atoms with Crippen molar-refractivity contribution in [2.75, 3.05) is 11.5 Å². The second kappa shape index (κ2) is 8.02. The minimum absolute atomic E-state index is 0.0464. The molecule has 0 aliphatic carbocycles. The molecule has 3 aromatic carbocycles. The van der Waals surface area contributed by atoms with E-state index in [1.807, 2.05) is 38.1 Å². The number of fused-ring (bicyclic) bond motifs is 3. The average Bonchev–Trinajstić information content (AvgIpc) is 3.38. The van der Waals surface area contributed by atoms with Crippen molar-refractivity contribution < 1.29 is 18.3 Å². The van der Waals surface area contributed by atoms with Gasteiger partial charge in [0.2, 0.25) is 5.76 Å². The van der Waals surface area contributed by atoms with Gasteiger partial charge in [-0.2, -0.15) is 0 Å². The van der Waals surface area contributed by atoms with E-state index < -0.39 is 17.8 Å². The Morgan fingerprint density at radius 1 is 1.11 bits per heavy atom. The molecule has 1 amide bonds. The Labute approximate surface area is 203 Å². The first kappa shape index (κ1) is 21.5. The van der Waals surface area contributed by atoms with E-state index in [0.717, 1.165) is 10.3 Å². The Balaban J connectivity index is 1.60. The average molecular weight is 487 g/mol. The highest BCUT2D eigenvalue weighted by molar-refractivity contribution is 7.22. The van der Waals surface area contributed by atoms with Gasteiger partial charge >= 0.3 is 0 Å². The van der Waals surface area contributed by atoms with E-state index in [0.29, 0.717) is 39.5 Å². The summed E-state index contributed by atoms with van der Waals surface area (Å²) in [5.41, 5.74) is 2.26. The summed E-state index contributed by atoms with van der Waals surface area (Å²) in [7, 11) is 0. The van der Waals surface area contributed by atoms with Gasteiger partial charge in [-0.3, -0.25) is 14.5 Å². The zero-order valence-electron chi connectivity index (χ0n) is 18.9. The largest absolute Gasteiger partial charge is 0.494 e. The predicted octanol–water partition coefficient (Wildman–Crippen LogP) is 6.00. The summed E-state index contributed by atoms with van der Waals surface area (Å²) in [4.78, 5) is 33.5. The molecule has 0 radical (unpaired) electrons. The molecule has 1 atom stereocenters. The Kier molecular flexibility index (Phi) is 4.93. The SMILES string of the molecule is CCOc1ccc2nc(N3C(=O)c4oc5ccc(C)cc5c(=O)c4[C@@H]3c3cccc(F)c3)sc2c1. The molecule has 0 bridgehead atoms. The molecule has 1 aliphatic heterocycles. The summed E-state index contributed by atoms with van der Waals surface area (Å²) < 4.78 is 26.7. The van der Waals surface area contributed by atoms with Crippen LogP contribution in [0.2, 0.25) is 0 Å². The third kappa shape index (κ3) is 3.40. The number of rotatable bonds is 4. The van der Waals surface area contributed by atoms with Gasteiger partial charge in [-0.1, -0.05) is 35.1 Å². The van der Waals surface area contributed by atoms with Gasteiger partial charge in [-0.15, -0.1) is 0 Å². The van der Waals surface area contributed by atoms with Gasteiger partial charge in [0.25, 0.3) is 5.91 Å². The molecule has 0 N–H and O–H groups in total. The molecule has 6 nitrogen and oxygen atoms in total. The predicted molar refractivity (Wildman–Crippen MR) is 133 cm³/mol. The van der Waals surface area contributed by atoms with E-state index in [2.05, 4.69) is 4.98 Å². The number of amides is 1. The summed E-state index contributed by atoms with van der Waals surface area (Å²) >= 11 is 1.30. The lowest BCUT2D eigenvalue weighted by Crippen LogP contribution is -2.29. The second-order valence-electron chi connectivity index (χ2n) is 8.37. The van der Waals surface area contributed by atoms with Crippen molar-refractivity contribution in [1.29, 1.82) is 0 Å². The highest BCUT2D eigenvalue weighted by Crippen LogP contribution is 2.44. The maximum absolute atomic E-state index is 14.3. The fourth-order valence-corrected chi connectivity index (χ4v) is 5.55. The fraction of sp³-hybridized carbons (Fsp3) is 0.148. The van der Waals surface area contributed by atoms with E-state index >= 15 is 0 Å². The van der Waals surface area contributed by atoms with Gasteiger partial charge in [0.15, 0.2) is 10.6 Å².